The fourth-order valence-corrected chi connectivity index (χ4v) is 2.69. The molecule has 126 valence electrons. The van der Waals surface area contributed by atoms with Gasteiger partial charge in [-0.1, -0.05) is 0 Å². The summed E-state index contributed by atoms with van der Waals surface area (Å²) in [6.45, 7) is 5.59. The second-order valence-corrected chi connectivity index (χ2v) is 5.66. The molecular weight excluding hydrogens is 309 g/mol. The summed E-state index contributed by atoms with van der Waals surface area (Å²) in [5.41, 5.74) is 2.72. The van der Waals surface area contributed by atoms with Gasteiger partial charge >= 0.3 is 0 Å². The maximum absolute atomic E-state index is 13.8. The van der Waals surface area contributed by atoms with Crippen LogP contribution < -0.4 is 10.1 Å². The maximum atomic E-state index is 13.8. The molecule has 0 unspecified atom stereocenters. The van der Waals surface area contributed by atoms with Crippen molar-refractivity contribution in [2.45, 2.75) is 26.8 Å². The Hall–Kier alpha value is -2.70. The van der Waals surface area contributed by atoms with Crippen LogP contribution in [0.3, 0.4) is 0 Å². The van der Waals surface area contributed by atoms with Crippen molar-refractivity contribution in [1.82, 2.24) is 19.7 Å². The van der Waals surface area contributed by atoms with Gasteiger partial charge in [0.2, 0.25) is 0 Å². The van der Waals surface area contributed by atoms with Crippen molar-refractivity contribution >= 4 is 16.7 Å². The van der Waals surface area contributed by atoms with E-state index < -0.39 is 5.82 Å². The normalized spacial score (nSPS) is 11.0. The minimum absolute atomic E-state index is 0.183. The number of fused-ring (bicyclic) bond motifs is 1. The van der Waals surface area contributed by atoms with Crippen LogP contribution in [0.15, 0.2) is 24.5 Å². The summed E-state index contributed by atoms with van der Waals surface area (Å²) >= 11 is 0. The number of nitrogens with zero attached hydrogens (tertiary/aromatic N) is 4. The van der Waals surface area contributed by atoms with Gasteiger partial charge in [-0.05, 0) is 32.4 Å². The van der Waals surface area contributed by atoms with Gasteiger partial charge in [0.05, 0.1) is 18.3 Å². The lowest BCUT2D eigenvalue weighted by molar-refractivity contribution is 0.387. The Morgan fingerprint density at radius 2 is 2.04 bits per heavy atom. The molecule has 6 nitrogen and oxygen atoms in total. The van der Waals surface area contributed by atoms with Crippen molar-refractivity contribution in [1.29, 1.82) is 0 Å². The molecule has 0 bridgehead atoms. The monoisotopic (exact) mass is 329 g/mol. The first-order valence-electron chi connectivity index (χ1n) is 7.81. The van der Waals surface area contributed by atoms with Crippen molar-refractivity contribution < 1.29 is 9.13 Å². The highest BCUT2D eigenvalue weighted by Gasteiger charge is 2.10. The Morgan fingerprint density at radius 1 is 1.21 bits per heavy atom. The van der Waals surface area contributed by atoms with Crippen molar-refractivity contribution in [3.63, 3.8) is 0 Å². The first-order chi connectivity index (χ1) is 11.6. The molecule has 0 aliphatic carbocycles. The van der Waals surface area contributed by atoms with Gasteiger partial charge in [0, 0.05) is 30.2 Å². The zero-order valence-corrected chi connectivity index (χ0v) is 14.0. The molecule has 0 aliphatic rings. The predicted molar refractivity (Wildman–Crippen MR) is 90.9 cm³/mol. The average molecular weight is 329 g/mol. The summed E-state index contributed by atoms with van der Waals surface area (Å²) in [4.78, 5) is 8.36. The Morgan fingerprint density at radius 3 is 2.75 bits per heavy atom. The number of halogens is 1. The number of hydrogen-bond donors (Lipinski definition) is 1. The van der Waals surface area contributed by atoms with Crippen LogP contribution in [0.5, 0.6) is 5.75 Å². The quantitative estimate of drug-likeness (QED) is 0.704. The van der Waals surface area contributed by atoms with Crippen molar-refractivity contribution in [2.75, 3.05) is 19.0 Å². The summed E-state index contributed by atoms with van der Waals surface area (Å²) in [7, 11) is 1.44. The third kappa shape index (κ3) is 3.29. The largest absolute Gasteiger partial charge is 0.494 e. The predicted octanol–water partition coefficient (Wildman–Crippen LogP) is 3.09. The molecule has 0 spiro atoms. The van der Waals surface area contributed by atoms with Crippen LogP contribution in [0.4, 0.5) is 10.2 Å². The fourth-order valence-electron chi connectivity index (χ4n) is 2.69. The molecule has 0 saturated carbocycles. The minimum atomic E-state index is -0.431. The van der Waals surface area contributed by atoms with Crippen LogP contribution >= 0.6 is 0 Å². The lowest BCUT2D eigenvalue weighted by Gasteiger charge is -2.10. The van der Waals surface area contributed by atoms with Crippen LogP contribution in [-0.4, -0.2) is 33.4 Å². The van der Waals surface area contributed by atoms with Crippen molar-refractivity contribution in [3.05, 3.63) is 41.7 Å². The topological polar surface area (TPSA) is 64.9 Å². The number of anilines is 1. The summed E-state index contributed by atoms with van der Waals surface area (Å²) in [6, 6.07) is 5.04. The molecule has 1 N–H and O–H groups in total. The van der Waals surface area contributed by atoms with E-state index in [1.165, 1.54) is 19.5 Å². The number of ether oxygens (including phenoxy) is 1. The van der Waals surface area contributed by atoms with Crippen molar-refractivity contribution in [2.24, 2.45) is 0 Å². The minimum Gasteiger partial charge on any atom is -0.494 e. The molecule has 0 aliphatic heterocycles. The number of benzene rings is 1. The second kappa shape index (κ2) is 6.82. The number of aryl methyl sites for hydroxylation is 3. The molecule has 0 saturated heterocycles. The highest BCUT2D eigenvalue weighted by atomic mass is 19.1. The van der Waals surface area contributed by atoms with E-state index in [0.29, 0.717) is 11.3 Å². The van der Waals surface area contributed by atoms with E-state index >= 15 is 0 Å². The van der Waals surface area contributed by atoms with Gasteiger partial charge in [-0.25, -0.2) is 14.4 Å². The average Bonchev–Trinajstić information content (AvgIpc) is 2.88. The molecule has 24 heavy (non-hydrogen) atoms. The lowest BCUT2D eigenvalue weighted by atomic mass is 10.2. The third-order valence-electron chi connectivity index (χ3n) is 3.85. The van der Waals surface area contributed by atoms with Crippen LogP contribution in [0, 0.1) is 19.7 Å². The lowest BCUT2D eigenvalue weighted by Crippen LogP contribution is -2.10. The van der Waals surface area contributed by atoms with E-state index in [1.54, 1.807) is 6.07 Å². The van der Waals surface area contributed by atoms with E-state index in [4.69, 9.17) is 4.74 Å². The fraction of sp³-hybridized carbons (Fsp3) is 0.353. The van der Waals surface area contributed by atoms with Crippen LogP contribution in [-0.2, 0) is 6.54 Å². The van der Waals surface area contributed by atoms with Gasteiger partial charge in [0.15, 0.2) is 11.6 Å². The van der Waals surface area contributed by atoms with Gasteiger partial charge in [0.25, 0.3) is 0 Å². The van der Waals surface area contributed by atoms with Crippen molar-refractivity contribution in [3.8, 4) is 5.75 Å². The molecular formula is C17H20FN5O. The number of methoxy groups -OCH3 is 1. The Balaban J connectivity index is 1.70. The molecule has 0 radical (unpaired) electrons. The molecule has 0 amide bonds. The van der Waals surface area contributed by atoms with Gasteiger partial charge < -0.3 is 10.1 Å². The third-order valence-corrected chi connectivity index (χ3v) is 3.85. The van der Waals surface area contributed by atoms with E-state index in [0.717, 1.165) is 36.3 Å². The van der Waals surface area contributed by atoms with E-state index in [-0.39, 0.29) is 5.75 Å². The first-order valence-corrected chi connectivity index (χ1v) is 7.81. The van der Waals surface area contributed by atoms with E-state index in [2.05, 4.69) is 26.4 Å². The van der Waals surface area contributed by atoms with E-state index in [1.807, 2.05) is 18.5 Å². The number of hydrogen-bond acceptors (Lipinski definition) is 5. The maximum Gasteiger partial charge on any atom is 0.167 e. The van der Waals surface area contributed by atoms with Gasteiger partial charge in [-0.15, -0.1) is 0 Å². The SMILES string of the molecule is COc1cc2c(NCCCn3nc(C)cc3C)ncnc2cc1F. The van der Waals surface area contributed by atoms with Crippen LogP contribution in [0.25, 0.3) is 10.9 Å². The molecule has 1 aromatic carbocycles. The Bertz CT molecular complexity index is 862. The van der Waals surface area contributed by atoms with E-state index in [9.17, 15) is 4.39 Å². The summed E-state index contributed by atoms with van der Waals surface area (Å²) in [5.74, 6) is 0.425. The van der Waals surface area contributed by atoms with Crippen LogP contribution in [0.2, 0.25) is 0 Å². The molecule has 0 atom stereocenters. The van der Waals surface area contributed by atoms with Crippen LogP contribution in [0.1, 0.15) is 17.8 Å². The molecule has 2 heterocycles. The second-order valence-electron chi connectivity index (χ2n) is 5.66. The molecule has 2 aromatic heterocycles. The molecule has 0 fully saturated rings. The summed E-state index contributed by atoms with van der Waals surface area (Å²) in [6.07, 6.45) is 2.32. The van der Waals surface area contributed by atoms with Gasteiger partial charge in [0.1, 0.15) is 12.1 Å². The highest BCUT2D eigenvalue weighted by Crippen LogP contribution is 2.27. The molecule has 3 aromatic rings. The summed E-state index contributed by atoms with van der Waals surface area (Å²) < 4.78 is 20.8. The zero-order valence-electron chi connectivity index (χ0n) is 14.0. The van der Waals surface area contributed by atoms with Gasteiger partial charge in [-0.3, -0.25) is 4.68 Å². The summed E-state index contributed by atoms with van der Waals surface area (Å²) in [5, 5.41) is 8.46. The molecule has 3 rings (SSSR count). The number of rotatable bonds is 6. The molecule has 7 heteroatoms. The zero-order chi connectivity index (χ0) is 17.1. The standard InChI is InChI=1S/C17H20FN5O/c1-11-7-12(2)23(22-11)6-4-5-19-17-13-8-16(24-3)14(18)9-15(13)20-10-21-17/h7-10H,4-6H2,1-3H3,(H,19,20,21). The Kier molecular flexibility index (Phi) is 4.59. The number of aromatic nitrogens is 4. The Labute approximate surface area is 139 Å². The van der Waals surface area contributed by atoms with Gasteiger partial charge in [-0.2, -0.15) is 5.10 Å². The number of nitrogens with one attached hydrogen (secondary N) is 1. The smallest absolute Gasteiger partial charge is 0.167 e. The highest BCUT2D eigenvalue weighted by molar-refractivity contribution is 5.90. The first kappa shape index (κ1) is 16.2.